The van der Waals surface area contributed by atoms with E-state index in [1.165, 1.54) is 50.2 Å². The van der Waals surface area contributed by atoms with Gasteiger partial charge in [0.05, 0.1) is 0 Å². The van der Waals surface area contributed by atoms with Crippen molar-refractivity contribution in [3.8, 4) is 0 Å². The molecule has 110 valence electrons. The van der Waals surface area contributed by atoms with E-state index in [4.69, 9.17) is 0 Å². The minimum atomic E-state index is -0.152. The zero-order valence-electron chi connectivity index (χ0n) is 12.2. The molecule has 0 fully saturated rings. The summed E-state index contributed by atoms with van der Waals surface area (Å²) in [6.45, 7) is 0. The Hall–Kier alpha value is -0.800. The summed E-state index contributed by atoms with van der Waals surface area (Å²) in [4.78, 5) is 1.01. The van der Waals surface area contributed by atoms with Crippen LogP contribution in [0.4, 0.5) is 4.39 Å². The summed E-state index contributed by atoms with van der Waals surface area (Å²) in [5, 5.41) is 3.42. The quantitative estimate of drug-likeness (QED) is 0.619. The van der Waals surface area contributed by atoms with Crippen molar-refractivity contribution in [2.75, 3.05) is 12.8 Å². The lowest BCUT2D eigenvalue weighted by Gasteiger charge is -2.21. The maximum atomic E-state index is 13.2. The summed E-state index contributed by atoms with van der Waals surface area (Å²) < 4.78 is 13.2. The van der Waals surface area contributed by atoms with Crippen LogP contribution in [0, 0.1) is 5.82 Å². The van der Waals surface area contributed by atoms with Gasteiger partial charge < -0.3 is 5.32 Å². The molecule has 1 N–H and O–H groups in total. The molecule has 0 aliphatic heterocycles. The van der Waals surface area contributed by atoms with E-state index in [2.05, 4.69) is 11.4 Å². The topological polar surface area (TPSA) is 12.0 Å². The standard InChI is InChI=1S/C17H24FNS/c1-19-17(14-8-5-3-2-4-6-9-14)13-20-16-11-7-10-15(18)12-16/h7-8,10-12,17,19H,2-6,9,13H2,1H3/b14-8+. The minimum absolute atomic E-state index is 0.152. The summed E-state index contributed by atoms with van der Waals surface area (Å²) in [7, 11) is 2.02. The van der Waals surface area contributed by atoms with E-state index < -0.39 is 0 Å². The number of nitrogens with one attached hydrogen (secondary N) is 1. The van der Waals surface area contributed by atoms with Gasteiger partial charge in [0.25, 0.3) is 0 Å². The van der Waals surface area contributed by atoms with Gasteiger partial charge in [-0.3, -0.25) is 0 Å². The maximum absolute atomic E-state index is 13.2. The van der Waals surface area contributed by atoms with Gasteiger partial charge in [0, 0.05) is 16.7 Å². The van der Waals surface area contributed by atoms with Crippen LogP contribution in [0.5, 0.6) is 0 Å². The molecule has 1 aliphatic carbocycles. The normalized spacial score (nSPS) is 20.6. The Bertz CT molecular complexity index is 444. The lowest BCUT2D eigenvalue weighted by molar-refractivity contribution is 0.583. The number of hydrogen-bond acceptors (Lipinski definition) is 2. The number of benzene rings is 1. The smallest absolute Gasteiger partial charge is 0.124 e. The second kappa shape index (κ2) is 8.48. The van der Waals surface area contributed by atoms with Crippen molar-refractivity contribution in [1.82, 2.24) is 5.32 Å². The van der Waals surface area contributed by atoms with Crippen LogP contribution in [0.25, 0.3) is 0 Å². The first-order valence-electron chi connectivity index (χ1n) is 7.54. The maximum Gasteiger partial charge on any atom is 0.124 e. The molecule has 0 saturated carbocycles. The van der Waals surface area contributed by atoms with Crippen LogP contribution < -0.4 is 5.32 Å². The van der Waals surface area contributed by atoms with E-state index >= 15 is 0 Å². The van der Waals surface area contributed by atoms with Crippen LogP contribution in [0.3, 0.4) is 0 Å². The van der Waals surface area contributed by atoms with Crippen molar-refractivity contribution in [3.05, 3.63) is 41.7 Å². The van der Waals surface area contributed by atoms with Crippen LogP contribution in [0.1, 0.15) is 38.5 Å². The van der Waals surface area contributed by atoms with Gasteiger partial charge in [-0.2, -0.15) is 0 Å². The van der Waals surface area contributed by atoms with Gasteiger partial charge in [-0.05, 0) is 50.9 Å². The average molecular weight is 293 g/mol. The Morgan fingerprint density at radius 3 is 2.90 bits per heavy atom. The number of halogens is 1. The van der Waals surface area contributed by atoms with Crippen LogP contribution in [0.2, 0.25) is 0 Å². The van der Waals surface area contributed by atoms with E-state index in [9.17, 15) is 4.39 Å². The van der Waals surface area contributed by atoms with Gasteiger partial charge in [-0.15, -0.1) is 11.8 Å². The molecule has 0 radical (unpaired) electrons. The van der Waals surface area contributed by atoms with Gasteiger partial charge in [-0.1, -0.05) is 30.6 Å². The number of allylic oxidation sites excluding steroid dienone is 1. The second-order valence-electron chi connectivity index (χ2n) is 5.34. The predicted molar refractivity (Wildman–Crippen MR) is 85.8 cm³/mol. The molecule has 20 heavy (non-hydrogen) atoms. The SMILES string of the molecule is CNC(CSc1cccc(F)c1)/C1=C/CCCCCC1. The average Bonchev–Trinajstić information content (AvgIpc) is 2.41. The molecule has 1 nitrogen and oxygen atoms in total. The third-order valence-corrected chi connectivity index (χ3v) is 4.92. The fourth-order valence-corrected chi connectivity index (χ4v) is 3.76. The highest BCUT2D eigenvalue weighted by Crippen LogP contribution is 2.25. The Kier molecular flexibility index (Phi) is 6.61. The van der Waals surface area contributed by atoms with Crippen molar-refractivity contribution in [3.63, 3.8) is 0 Å². The zero-order valence-corrected chi connectivity index (χ0v) is 13.0. The second-order valence-corrected chi connectivity index (χ2v) is 6.43. The lowest BCUT2D eigenvalue weighted by atomic mass is 9.96. The van der Waals surface area contributed by atoms with Crippen molar-refractivity contribution in [2.45, 2.75) is 49.5 Å². The summed E-state index contributed by atoms with van der Waals surface area (Å²) in [6.07, 6.45) is 10.2. The van der Waals surface area contributed by atoms with Gasteiger partial charge >= 0.3 is 0 Å². The van der Waals surface area contributed by atoms with Crippen molar-refractivity contribution in [2.24, 2.45) is 0 Å². The molecule has 0 saturated heterocycles. The molecule has 0 amide bonds. The lowest BCUT2D eigenvalue weighted by Crippen LogP contribution is -2.30. The summed E-state index contributed by atoms with van der Waals surface area (Å²) in [6, 6.07) is 7.27. The van der Waals surface area contributed by atoms with Crippen molar-refractivity contribution < 1.29 is 4.39 Å². The highest BCUT2D eigenvalue weighted by molar-refractivity contribution is 7.99. The van der Waals surface area contributed by atoms with Crippen molar-refractivity contribution in [1.29, 1.82) is 0 Å². The van der Waals surface area contributed by atoms with E-state index in [0.717, 1.165) is 10.6 Å². The van der Waals surface area contributed by atoms with Gasteiger partial charge in [-0.25, -0.2) is 4.39 Å². The Morgan fingerprint density at radius 2 is 2.10 bits per heavy atom. The van der Waals surface area contributed by atoms with Crippen LogP contribution >= 0.6 is 11.8 Å². The summed E-state index contributed by atoms with van der Waals surface area (Å²) in [5.74, 6) is 0.812. The number of thioether (sulfide) groups is 1. The molecule has 1 aliphatic rings. The Labute approximate surface area is 126 Å². The molecule has 1 unspecified atom stereocenters. The number of likely N-dealkylation sites (N-methyl/N-ethyl adjacent to an activating group) is 1. The molecule has 2 rings (SSSR count). The number of rotatable bonds is 5. The van der Waals surface area contributed by atoms with Gasteiger partial charge in [0.1, 0.15) is 5.82 Å². The first-order chi connectivity index (χ1) is 9.79. The summed E-state index contributed by atoms with van der Waals surface area (Å²) in [5.41, 5.74) is 1.54. The van der Waals surface area contributed by atoms with Crippen molar-refractivity contribution >= 4 is 11.8 Å². The fourth-order valence-electron chi connectivity index (χ4n) is 2.65. The van der Waals surface area contributed by atoms with Crippen LogP contribution in [-0.2, 0) is 0 Å². The molecule has 0 aromatic heterocycles. The molecule has 1 aromatic carbocycles. The van der Waals surface area contributed by atoms with E-state index in [0.29, 0.717) is 6.04 Å². The largest absolute Gasteiger partial charge is 0.313 e. The highest BCUT2D eigenvalue weighted by atomic mass is 32.2. The molecular formula is C17H24FNS. The zero-order chi connectivity index (χ0) is 14.2. The molecule has 1 aromatic rings. The first kappa shape index (κ1) is 15.6. The molecule has 3 heteroatoms. The third kappa shape index (κ3) is 4.95. The Morgan fingerprint density at radius 1 is 1.25 bits per heavy atom. The van der Waals surface area contributed by atoms with E-state index in [1.807, 2.05) is 13.1 Å². The molecular weight excluding hydrogens is 269 g/mol. The summed E-state index contributed by atoms with van der Waals surface area (Å²) >= 11 is 1.73. The van der Waals surface area contributed by atoms with Gasteiger partial charge in [0.2, 0.25) is 0 Å². The van der Waals surface area contributed by atoms with E-state index in [-0.39, 0.29) is 5.82 Å². The Balaban J connectivity index is 1.94. The predicted octanol–water partition coefficient (Wildman–Crippen LogP) is 4.79. The minimum Gasteiger partial charge on any atom is -0.313 e. The first-order valence-corrected chi connectivity index (χ1v) is 8.52. The number of hydrogen-bond donors (Lipinski definition) is 1. The molecule has 0 spiro atoms. The third-order valence-electron chi connectivity index (χ3n) is 3.83. The molecule has 1 atom stereocenters. The molecule has 0 bridgehead atoms. The van der Waals surface area contributed by atoms with Gasteiger partial charge in [0.15, 0.2) is 0 Å². The monoisotopic (exact) mass is 293 g/mol. The highest BCUT2D eigenvalue weighted by Gasteiger charge is 2.13. The van der Waals surface area contributed by atoms with Crippen LogP contribution in [0.15, 0.2) is 40.8 Å². The molecule has 0 heterocycles. The fraction of sp³-hybridized carbons (Fsp3) is 0.529. The van der Waals surface area contributed by atoms with E-state index in [1.54, 1.807) is 23.9 Å². The van der Waals surface area contributed by atoms with Crippen LogP contribution in [-0.4, -0.2) is 18.8 Å².